The third-order valence-corrected chi connectivity index (χ3v) is 5.32. The van der Waals surface area contributed by atoms with Gasteiger partial charge in [-0.25, -0.2) is 14.4 Å². The van der Waals surface area contributed by atoms with Crippen LogP contribution in [0.2, 0.25) is 0 Å². The van der Waals surface area contributed by atoms with Crippen molar-refractivity contribution in [1.82, 2.24) is 9.97 Å². The van der Waals surface area contributed by atoms with E-state index in [4.69, 9.17) is 15.2 Å². The Kier molecular flexibility index (Phi) is 5.48. The van der Waals surface area contributed by atoms with Gasteiger partial charge in [-0.3, -0.25) is 0 Å². The first-order valence-corrected chi connectivity index (χ1v) is 9.68. The van der Waals surface area contributed by atoms with Crippen LogP contribution in [-0.4, -0.2) is 48.7 Å². The van der Waals surface area contributed by atoms with Crippen LogP contribution in [0.4, 0.5) is 27.5 Å². The molecule has 2 aromatic rings. The summed E-state index contributed by atoms with van der Waals surface area (Å²) in [4.78, 5) is 14.6. The molecule has 3 N–H and O–H groups in total. The second kappa shape index (κ2) is 8.20. The lowest BCUT2D eigenvalue weighted by molar-refractivity contribution is -0.0355. The number of hydrogen-bond donors (Lipinski definition) is 2. The van der Waals surface area contributed by atoms with Crippen LogP contribution in [0.25, 0.3) is 0 Å². The number of nitrogens with one attached hydrogen (secondary N) is 1. The highest BCUT2D eigenvalue weighted by molar-refractivity contribution is 5.64. The number of aliphatic imine (C=N–C) groups is 1. The highest BCUT2D eigenvalue weighted by atomic mass is 19.1. The molecule has 8 nitrogen and oxygen atoms in total. The molecule has 0 amide bonds. The van der Waals surface area contributed by atoms with Crippen molar-refractivity contribution in [3.8, 4) is 5.75 Å². The molecule has 0 bridgehead atoms. The first-order chi connectivity index (χ1) is 14.0. The van der Waals surface area contributed by atoms with Gasteiger partial charge in [-0.2, -0.15) is 4.98 Å². The number of aromatic nitrogens is 2. The lowest BCUT2D eigenvalue weighted by Gasteiger charge is -2.38. The zero-order valence-electron chi connectivity index (χ0n) is 16.5. The SMILES string of the molecule is CC1CC(OC[C@H]2COc3cnc(Nc4ccc(N=CN)c(F)c4)nc3N2C)C1. The van der Waals surface area contributed by atoms with E-state index in [9.17, 15) is 4.39 Å². The summed E-state index contributed by atoms with van der Waals surface area (Å²) in [6.45, 7) is 3.35. The largest absolute Gasteiger partial charge is 0.486 e. The van der Waals surface area contributed by atoms with E-state index in [1.165, 1.54) is 12.1 Å². The van der Waals surface area contributed by atoms with Gasteiger partial charge in [0, 0.05) is 12.7 Å². The fraction of sp³-hybridized carbons (Fsp3) is 0.450. The second-order valence-electron chi connectivity index (χ2n) is 7.56. The van der Waals surface area contributed by atoms with Crippen LogP contribution >= 0.6 is 0 Å². The van der Waals surface area contributed by atoms with Crippen molar-refractivity contribution in [3.05, 3.63) is 30.2 Å². The fourth-order valence-electron chi connectivity index (χ4n) is 3.52. The number of fused-ring (bicyclic) bond motifs is 1. The molecular weight excluding hydrogens is 375 g/mol. The molecule has 1 saturated carbocycles. The van der Waals surface area contributed by atoms with E-state index in [2.05, 4.69) is 27.2 Å². The van der Waals surface area contributed by atoms with Gasteiger partial charge in [-0.1, -0.05) is 6.92 Å². The van der Waals surface area contributed by atoms with Gasteiger partial charge in [0.15, 0.2) is 17.4 Å². The Morgan fingerprint density at radius 2 is 2.28 bits per heavy atom. The maximum Gasteiger partial charge on any atom is 0.229 e. The monoisotopic (exact) mass is 400 g/mol. The van der Waals surface area contributed by atoms with Crippen LogP contribution in [0, 0.1) is 11.7 Å². The highest BCUT2D eigenvalue weighted by Crippen LogP contribution is 2.33. The minimum absolute atomic E-state index is 0.0759. The molecule has 0 unspecified atom stereocenters. The number of halogens is 1. The molecule has 1 aliphatic heterocycles. The van der Waals surface area contributed by atoms with Crippen LogP contribution in [0.15, 0.2) is 29.4 Å². The van der Waals surface area contributed by atoms with E-state index in [1.54, 1.807) is 12.3 Å². The third-order valence-electron chi connectivity index (χ3n) is 5.32. The van der Waals surface area contributed by atoms with Crippen LogP contribution < -0.4 is 20.7 Å². The molecule has 2 heterocycles. The smallest absolute Gasteiger partial charge is 0.229 e. The average molecular weight is 400 g/mol. The summed E-state index contributed by atoms with van der Waals surface area (Å²) >= 11 is 0. The molecule has 1 aromatic carbocycles. The first-order valence-electron chi connectivity index (χ1n) is 9.68. The van der Waals surface area contributed by atoms with E-state index in [1.807, 2.05) is 11.9 Å². The third kappa shape index (κ3) is 4.24. The van der Waals surface area contributed by atoms with Crippen molar-refractivity contribution < 1.29 is 13.9 Å². The van der Waals surface area contributed by atoms with Crippen LogP contribution in [-0.2, 0) is 4.74 Å². The number of anilines is 3. The van der Waals surface area contributed by atoms with E-state index < -0.39 is 5.82 Å². The zero-order chi connectivity index (χ0) is 20.4. The van der Waals surface area contributed by atoms with E-state index in [0.29, 0.717) is 42.5 Å². The summed E-state index contributed by atoms with van der Waals surface area (Å²) in [7, 11) is 1.97. The van der Waals surface area contributed by atoms with Crippen LogP contribution in [0.3, 0.4) is 0 Å². The summed E-state index contributed by atoms with van der Waals surface area (Å²) in [5.41, 5.74) is 5.89. The van der Waals surface area contributed by atoms with E-state index in [0.717, 1.165) is 25.1 Å². The Bertz CT molecular complexity index is 903. The van der Waals surface area contributed by atoms with Crippen molar-refractivity contribution >= 4 is 29.5 Å². The van der Waals surface area contributed by atoms with Gasteiger partial charge in [-0.05, 0) is 37.0 Å². The number of likely N-dealkylation sites (N-methyl/N-ethyl adjacent to an activating group) is 1. The van der Waals surface area contributed by atoms with Crippen LogP contribution in [0.1, 0.15) is 19.8 Å². The molecule has 0 radical (unpaired) electrons. The predicted octanol–water partition coefficient (Wildman–Crippen LogP) is 2.99. The van der Waals surface area contributed by atoms with Crippen molar-refractivity contribution in [1.29, 1.82) is 0 Å². The Morgan fingerprint density at radius 3 is 3.00 bits per heavy atom. The molecule has 154 valence electrons. The minimum atomic E-state index is -0.488. The standard InChI is InChI=1S/C20H25FN6O2/c1-12-5-15(6-12)28-9-14-10-29-18-8-23-20(26-19(18)27(14)2)25-13-3-4-17(24-11-22)16(21)7-13/h3-4,7-8,11-12,14-15H,5-6,9-10H2,1-2H3,(H2,22,24)(H,23,25,26)/t12?,14-,15?/m0/s1. The molecule has 9 heteroatoms. The number of ether oxygens (including phenoxy) is 2. The number of nitrogens with two attached hydrogens (primary N) is 1. The van der Waals surface area contributed by atoms with Gasteiger partial charge < -0.3 is 25.4 Å². The number of nitrogens with zero attached hydrogens (tertiary/aromatic N) is 4. The quantitative estimate of drug-likeness (QED) is 0.568. The molecule has 0 saturated heterocycles. The Morgan fingerprint density at radius 1 is 1.45 bits per heavy atom. The lowest BCUT2D eigenvalue weighted by atomic mass is 9.84. The van der Waals surface area contributed by atoms with Crippen molar-refractivity contribution in [2.75, 3.05) is 30.5 Å². The number of rotatable bonds is 6. The molecule has 4 rings (SSSR count). The molecule has 0 spiro atoms. The van der Waals surface area contributed by atoms with Gasteiger partial charge in [0.2, 0.25) is 5.95 Å². The minimum Gasteiger partial charge on any atom is -0.486 e. The molecule has 2 aliphatic rings. The highest BCUT2D eigenvalue weighted by Gasteiger charge is 2.31. The summed E-state index contributed by atoms with van der Waals surface area (Å²) in [6, 6.07) is 4.61. The molecule has 1 aliphatic carbocycles. The van der Waals surface area contributed by atoms with Crippen molar-refractivity contribution in [2.45, 2.75) is 31.9 Å². The molecule has 1 fully saturated rings. The van der Waals surface area contributed by atoms with Crippen LogP contribution in [0.5, 0.6) is 5.75 Å². The molecule has 1 aromatic heterocycles. The summed E-state index contributed by atoms with van der Waals surface area (Å²) in [5, 5.41) is 3.01. The fourth-order valence-corrected chi connectivity index (χ4v) is 3.52. The number of hydrogen-bond acceptors (Lipinski definition) is 7. The zero-order valence-corrected chi connectivity index (χ0v) is 16.5. The molecule has 29 heavy (non-hydrogen) atoms. The maximum atomic E-state index is 14.0. The summed E-state index contributed by atoms with van der Waals surface area (Å²) in [6.07, 6.45) is 5.27. The first kappa shape index (κ1) is 19.4. The van der Waals surface area contributed by atoms with Gasteiger partial charge in [-0.15, -0.1) is 0 Å². The van der Waals surface area contributed by atoms with Crippen molar-refractivity contribution in [2.24, 2.45) is 16.6 Å². The van der Waals surface area contributed by atoms with Crippen molar-refractivity contribution in [3.63, 3.8) is 0 Å². The predicted molar refractivity (Wildman–Crippen MR) is 110 cm³/mol. The van der Waals surface area contributed by atoms with E-state index >= 15 is 0 Å². The summed E-state index contributed by atoms with van der Waals surface area (Å²) in [5.74, 6) is 1.91. The summed E-state index contributed by atoms with van der Waals surface area (Å²) < 4.78 is 25.9. The Labute approximate surface area is 169 Å². The Balaban J connectivity index is 1.44. The van der Waals surface area contributed by atoms with Gasteiger partial charge >= 0.3 is 0 Å². The topological polar surface area (TPSA) is 97.9 Å². The van der Waals surface area contributed by atoms with Gasteiger partial charge in [0.05, 0.1) is 31.3 Å². The van der Waals surface area contributed by atoms with E-state index in [-0.39, 0.29) is 11.7 Å². The average Bonchev–Trinajstić information content (AvgIpc) is 2.68. The lowest BCUT2D eigenvalue weighted by Crippen LogP contribution is -2.45. The van der Waals surface area contributed by atoms with Gasteiger partial charge in [0.25, 0.3) is 0 Å². The number of benzene rings is 1. The maximum absolute atomic E-state index is 14.0. The molecular formula is C20H25FN6O2. The van der Waals surface area contributed by atoms with Gasteiger partial charge in [0.1, 0.15) is 12.3 Å². The Hall–Kier alpha value is -2.94. The molecule has 1 atom stereocenters. The second-order valence-corrected chi connectivity index (χ2v) is 7.56. The normalized spacial score (nSPS) is 23.4.